The first kappa shape index (κ1) is 14.5. The molecule has 0 spiro atoms. The number of carbonyl (C=O) groups is 1. The molecule has 1 aromatic heterocycles. The number of nitrogens with one attached hydrogen (secondary N) is 1. The largest absolute Gasteiger partial charge is 0.323 e. The van der Waals surface area contributed by atoms with Crippen molar-refractivity contribution in [3.8, 4) is 0 Å². The molecule has 1 unspecified atom stereocenters. The zero-order valence-electron chi connectivity index (χ0n) is 12.0. The average Bonchev–Trinajstić information content (AvgIpc) is 2.91. The molecule has 112 valence electrons. The van der Waals surface area contributed by atoms with Crippen LogP contribution in [-0.2, 0) is 22.1 Å². The predicted molar refractivity (Wildman–Crippen MR) is 87.1 cm³/mol. The van der Waals surface area contributed by atoms with Gasteiger partial charge in [0.1, 0.15) is 6.54 Å². The number of hydrogen-bond acceptors (Lipinski definition) is 3. The normalized spacial score (nSPS) is 12.2. The third-order valence-electron chi connectivity index (χ3n) is 3.32. The van der Waals surface area contributed by atoms with Crippen molar-refractivity contribution in [1.29, 1.82) is 0 Å². The van der Waals surface area contributed by atoms with Gasteiger partial charge >= 0.3 is 0 Å². The highest BCUT2D eigenvalue weighted by molar-refractivity contribution is 7.84. The number of amides is 1. The minimum atomic E-state index is -1.16. The highest BCUT2D eigenvalue weighted by atomic mass is 32.2. The van der Waals surface area contributed by atoms with E-state index in [9.17, 15) is 9.00 Å². The van der Waals surface area contributed by atoms with Gasteiger partial charge in [-0.25, -0.2) is 0 Å². The molecule has 0 aliphatic heterocycles. The molecular weight excluding hydrogens is 298 g/mol. The van der Waals surface area contributed by atoms with E-state index in [2.05, 4.69) is 10.4 Å². The minimum Gasteiger partial charge on any atom is -0.323 e. The molecular formula is C16H15N3O2S. The molecule has 22 heavy (non-hydrogen) atoms. The lowest BCUT2D eigenvalue weighted by Gasteiger charge is -2.09. The number of carbonyl (C=O) groups excluding carboxylic acids is 1. The van der Waals surface area contributed by atoms with E-state index in [1.165, 1.54) is 0 Å². The second-order valence-corrected chi connectivity index (χ2v) is 6.21. The Morgan fingerprint density at radius 3 is 2.73 bits per heavy atom. The third-order valence-corrected chi connectivity index (χ3v) is 4.29. The number of hydrogen-bond donors (Lipinski definition) is 1. The second-order valence-electron chi connectivity index (χ2n) is 4.86. The minimum absolute atomic E-state index is 0.109. The van der Waals surface area contributed by atoms with Gasteiger partial charge < -0.3 is 5.32 Å². The van der Waals surface area contributed by atoms with Gasteiger partial charge in [-0.3, -0.25) is 13.7 Å². The summed E-state index contributed by atoms with van der Waals surface area (Å²) >= 11 is 0. The van der Waals surface area contributed by atoms with E-state index in [1.807, 2.05) is 24.3 Å². The van der Waals surface area contributed by atoms with Crippen molar-refractivity contribution in [1.82, 2.24) is 9.78 Å². The van der Waals surface area contributed by atoms with E-state index in [0.29, 0.717) is 10.6 Å². The van der Waals surface area contributed by atoms with Crippen molar-refractivity contribution in [2.45, 2.75) is 11.4 Å². The zero-order chi connectivity index (χ0) is 15.5. The number of fused-ring (bicyclic) bond motifs is 1. The fourth-order valence-electron chi connectivity index (χ4n) is 2.30. The molecule has 6 heteroatoms. The van der Waals surface area contributed by atoms with Crippen molar-refractivity contribution in [3.05, 3.63) is 54.7 Å². The van der Waals surface area contributed by atoms with Crippen LogP contribution in [0.25, 0.3) is 10.9 Å². The second kappa shape index (κ2) is 6.11. The summed E-state index contributed by atoms with van der Waals surface area (Å²) in [6.45, 7) is 0.109. The van der Waals surface area contributed by atoms with E-state index in [-0.39, 0.29) is 12.5 Å². The van der Waals surface area contributed by atoms with E-state index < -0.39 is 10.8 Å². The summed E-state index contributed by atoms with van der Waals surface area (Å²) in [5.74, 6) is -0.202. The Hall–Kier alpha value is -2.47. The van der Waals surface area contributed by atoms with Gasteiger partial charge in [-0.2, -0.15) is 5.10 Å². The summed E-state index contributed by atoms with van der Waals surface area (Å²) in [6.07, 6.45) is 3.32. The van der Waals surface area contributed by atoms with E-state index in [0.717, 1.165) is 10.9 Å². The molecule has 1 amide bonds. The fourth-order valence-corrected chi connectivity index (χ4v) is 3.00. The summed E-state index contributed by atoms with van der Waals surface area (Å²) in [5.41, 5.74) is 1.48. The molecule has 0 aliphatic rings. The van der Waals surface area contributed by atoms with Gasteiger partial charge in [0.15, 0.2) is 0 Å². The van der Waals surface area contributed by atoms with E-state index >= 15 is 0 Å². The first-order valence-electron chi connectivity index (χ1n) is 6.78. The Balaban J connectivity index is 1.80. The molecule has 0 fully saturated rings. The molecule has 3 aromatic rings. The molecule has 0 saturated heterocycles. The molecule has 3 rings (SSSR count). The van der Waals surface area contributed by atoms with Gasteiger partial charge in [0.25, 0.3) is 0 Å². The lowest BCUT2D eigenvalue weighted by Crippen LogP contribution is -2.20. The zero-order valence-corrected chi connectivity index (χ0v) is 12.8. The third kappa shape index (κ3) is 2.92. The van der Waals surface area contributed by atoms with Crippen LogP contribution in [0.15, 0.2) is 59.6 Å². The molecule has 0 bridgehead atoms. The Morgan fingerprint density at radius 1 is 1.18 bits per heavy atom. The monoisotopic (exact) mass is 313 g/mol. The number of benzene rings is 2. The quantitative estimate of drug-likeness (QED) is 0.804. The predicted octanol–water partition coefficient (Wildman–Crippen LogP) is 2.41. The average molecular weight is 313 g/mol. The summed E-state index contributed by atoms with van der Waals surface area (Å²) < 4.78 is 13.3. The summed E-state index contributed by atoms with van der Waals surface area (Å²) in [4.78, 5) is 12.8. The van der Waals surface area contributed by atoms with Crippen molar-refractivity contribution >= 4 is 33.3 Å². The number of rotatable bonds is 4. The first-order valence-corrected chi connectivity index (χ1v) is 8.34. The Labute approximate surface area is 130 Å². The fraction of sp³-hybridized carbons (Fsp3) is 0.125. The highest BCUT2D eigenvalue weighted by Gasteiger charge is 2.11. The van der Waals surface area contributed by atoms with Crippen LogP contribution in [0.4, 0.5) is 5.69 Å². The van der Waals surface area contributed by atoms with Crippen molar-refractivity contribution in [2.75, 3.05) is 11.6 Å². The van der Waals surface area contributed by atoms with Crippen LogP contribution >= 0.6 is 0 Å². The standard InChI is InChI=1S/C16H15N3O2S/c1-22(21)15-9-5-3-7-13(15)18-16(20)11-19-14-8-4-2-6-12(14)10-17-19/h2-10H,11H2,1H3,(H,18,20). The maximum Gasteiger partial charge on any atom is 0.246 e. The van der Waals surface area contributed by atoms with Gasteiger partial charge in [-0.1, -0.05) is 30.3 Å². The van der Waals surface area contributed by atoms with Gasteiger partial charge in [-0.05, 0) is 18.2 Å². The van der Waals surface area contributed by atoms with Crippen LogP contribution < -0.4 is 5.32 Å². The van der Waals surface area contributed by atoms with E-state index in [4.69, 9.17) is 0 Å². The topological polar surface area (TPSA) is 64.0 Å². The lowest BCUT2D eigenvalue weighted by molar-refractivity contribution is -0.116. The summed E-state index contributed by atoms with van der Waals surface area (Å²) in [6, 6.07) is 14.8. The molecule has 1 heterocycles. The number of para-hydroxylation sites is 2. The van der Waals surface area contributed by atoms with Crippen LogP contribution in [0.2, 0.25) is 0 Å². The Kier molecular flexibility index (Phi) is 4.02. The summed E-state index contributed by atoms with van der Waals surface area (Å²) in [7, 11) is -1.16. The van der Waals surface area contributed by atoms with Gasteiger partial charge in [0.05, 0.1) is 33.1 Å². The van der Waals surface area contributed by atoms with Crippen LogP contribution in [0.1, 0.15) is 0 Å². The lowest BCUT2D eigenvalue weighted by atomic mass is 10.2. The van der Waals surface area contributed by atoms with Crippen molar-refractivity contribution < 1.29 is 9.00 Å². The Bertz CT molecular complexity index is 857. The molecule has 2 aromatic carbocycles. The van der Waals surface area contributed by atoms with Crippen LogP contribution in [0.5, 0.6) is 0 Å². The molecule has 0 saturated carbocycles. The smallest absolute Gasteiger partial charge is 0.246 e. The molecule has 1 N–H and O–H groups in total. The van der Waals surface area contributed by atoms with Gasteiger partial charge in [-0.15, -0.1) is 0 Å². The molecule has 0 aliphatic carbocycles. The number of anilines is 1. The van der Waals surface area contributed by atoms with Crippen molar-refractivity contribution in [2.24, 2.45) is 0 Å². The maximum absolute atomic E-state index is 12.2. The van der Waals surface area contributed by atoms with E-state index in [1.54, 1.807) is 41.4 Å². The van der Waals surface area contributed by atoms with Gasteiger partial charge in [0.2, 0.25) is 5.91 Å². The molecule has 5 nitrogen and oxygen atoms in total. The first-order chi connectivity index (χ1) is 10.6. The van der Waals surface area contributed by atoms with Crippen LogP contribution in [-0.4, -0.2) is 26.2 Å². The molecule has 0 radical (unpaired) electrons. The van der Waals surface area contributed by atoms with Crippen LogP contribution in [0.3, 0.4) is 0 Å². The highest BCUT2D eigenvalue weighted by Crippen LogP contribution is 2.18. The van der Waals surface area contributed by atoms with Crippen molar-refractivity contribution in [3.63, 3.8) is 0 Å². The number of aromatic nitrogens is 2. The van der Waals surface area contributed by atoms with Crippen LogP contribution in [0, 0.1) is 0 Å². The SMILES string of the molecule is CS(=O)c1ccccc1NC(=O)Cn1ncc2ccccc21. The Morgan fingerprint density at radius 2 is 1.91 bits per heavy atom. The molecule has 1 atom stereocenters. The maximum atomic E-state index is 12.2. The number of nitrogens with zero attached hydrogens (tertiary/aromatic N) is 2. The summed E-state index contributed by atoms with van der Waals surface area (Å²) in [5, 5.41) is 8.02. The van der Waals surface area contributed by atoms with Gasteiger partial charge in [0, 0.05) is 11.6 Å².